The lowest BCUT2D eigenvalue weighted by atomic mass is 10.2. The van der Waals surface area contributed by atoms with E-state index in [1.54, 1.807) is 32.4 Å². The molecule has 0 heterocycles. The molecule has 0 saturated carbocycles. The summed E-state index contributed by atoms with van der Waals surface area (Å²) in [5.41, 5.74) is 5.36. The van der Waals surface area contributed by atoms with Crippen LogP contribution < -0.4 is 19.9 Å². The maximum atomic E-state index is 10.5. The lowest BCUT2D eigenvalue weighted by Crippen LogP contribution is -2.31. The molecule has 0 radical (unpaired) electrons. The standard InChI is InChI=1S/C12H17NO5/c1-16-8-5-9(17-2)7-10(6-8)18-4-3-11(13)12(14)15/h5-7,11H,3-4,13H2,1-2H3,(H,14,15). The number of methoxy groups -OCH3 is 2. The van der Waals surface area contributed by atoms with Crippen LogP contribution in [0.15, 0.2) is 18.2 Å². The Balaban J connectivity index is 2.58. The first-order valence-electron chi connectivity index (χ1n) is 5.41. The molecule has 6 heteroatoms. The fourth-order valence-electron chi connectivity index (χ4n) is 1.29. The second-order valence-electron chi connectivity index (χ2n) is 3.63. The van der Waals surface area contributed by atoms with Gasteiger partial charge in [-0.1, -0.05) is 0 Å². The molecule has 0 aliphatic rings. The normalized spacial score (nSPS) is 11.7. The maximum Gasteiger partial charge on any atom is 0.320 e. The highest BCUT2D eigenvalue weighted by atomic mass is 16.5. The Labute approximate surface area is 105 Å². The van der Waals surface area contributed by atoms with Gasteiger partial charge in [-0.15, -0.1) is 0 Å². The van der Waals surface area contributed by atoms with Gasteiger partial charge < -0.3 is 25.1 Å². The van der Waals surface area contributed by atoms with E-state index in [0.29, 0.717) is 17.2 Å². The van der Waals surface area contributed by atoms with Crippen molar-refractivity contribution in [1.82, 2.24) is 0 Å². The first kappa shape index (κ1) is 14.1. The Hall–Kier alpha value is -1.95. The fourth-order valence-corrected chi connectivity index (χ4v) is 1.29. The minimum absolute atomic E-state index is 0.212. The summed E-state index contributed by atoms with van der Waals surface area (Å²) in [6.07, 6.45) is 0.231. The quantitative estimate of drug-likeness (QED) is 0.751. The number of carbonyl (C=O) groups is 1. The molecule has 0 saturated heterocycles. The molecule has 1 aromatic carbocycles. The Morgan fingerprint density at radius 1 is 1.22 bits per heavy atom. The smallest absolute Gasteiger partial charge is 0.320 e. The molecule has 1 aromatic rings. The van der Waals surface area contributed by atoms with Crippen LogP contribution in [0.2, 0.25) is 0 Å². The minimum Gasteiger partial charge on any atom is -0.496 e. The molecule has 0 spiro atoms. The zero-order chi connectivity index (χ0) is 13.5. The van der Waals surface area contributed by atoms with Crippen LogP contribution in [-0.4, -0.2) is 37.9 Å². The van der Waals surface area contributed by atoms with Crippen LogP contribution >= 0.6 is 0 Å². The third kappa shape index (κ3) is 4.14. The van der Waals surface area contributed by atoms with E-state index < -0.39 is 12.0 Å². The SMILES string of the molecule is COc1cc(OC)cc(OCCC(N)C(=O)O)c1. The van der Waals surface area contributed by atoms with Gasteiger partial charge >= 0.3 is 5.97 Å². The highest BCUT2D eigenvalue weighted by Crippen LogP contribution is 2.27. The van der Waals surface area contributed by atoms with E-state index in [4.69, 9.17) is 25.1 Å². The number of benzene rings is 1. The highest BCUT2D eigenvalue weighted by Gasteiger charge is 2.11. The van der Waals surface area contributed by atoms with Gasteiger partial charge in [0.2, 0.25) is 0 Å². The summed E-state index contributed by atoms with van der Waals surface area (Å²) in [7, 11) is 3.08. The molecule has 1 unspecified atom stereocenters. The number of carboxylic acid groups (broad SMARTS) is 1. The van der Waals surface area contributed by atoms with Crippen LogP contribution in [0.1, 0.15) is 6.42 Å². The molecule has 18 heavy (non-hydrogen) atoms. The third-order valence-corrected chi connectivity index (χ3v) is 2.34. The van der Waals surface area contributed by atoms with Crippen molar-refractivity contribution in [3.63, 3.8) is 0 Å². The van der Waals surface area contributed by atoms with Crippen molar-refractivity contribution < 1.29 is 24.1 Å². The number of hydrogen-bond acceptors (Lipinski definition) is 5. The third-order valence-electron chi connectivity index (χ3n) is 2.34. The Kier molecular flexibility index (Phi) is 5.26. The summed E-state index contributed by atoms with van der Waals surface area (Å²) in [6, 6.07) is 4.18. The summed E-state index contributed by atoms with van der Waals surface area (Å²) < 4.78 is 15.6. The zero-order valence-electron chi connectivity index (χ0n) is 10.4. The van der Waals surface area contributed by atoms with E-state index in [1.807, 2.05) is 0 Å². The molecule has 0 bridgehead atoms. The van der Waals surface area contributed by atoms with Crippen molar-refractivity contribution in [2.45, 2.75) is 12.5 Å². The summed E-state index contributed by atoms with van der Waals surface area (Å²) in [5, 5.41) is 8.62. The van der Waals surface area contributed by atoms with Gasteiger partial charge in [0.05, 0.1) is 20.8 Å². The molecule has 0 aromatic heterocycles. The van der Waals surface area contributed by atoms with Crippen molar-refractivity contribution in [2.75, 3.05) is 20.8 Å². The summed E-state index contributed by atoms with van der Waals surface area (Å²) in [4.78, 5) is 10.5. The lowest BCUT2D eigenvalue weighted by molar-refractivity contribution is -0.138. The van der Waals surface area contributed by atoms with Crippen LogP contribution in [0.4, 0.5) is 0 Å². The highest BCUT2D eigenvalue weighted by molar-refractivity contribution is 5.72. The molecule has 100 valence electrons. The number of nitrogens with two attached hydrogens (primary N) is 1. The molecule has 0 aliphatic carbocycles. The molecule has 0 fully saturated rings. The van der Waals surface area contributed by atoms with Crippen LogP contribution in [0, 0.1) is 0 Å². The number of ether oxygens (including phenoxy) is 3. The molecule has 3 N–H and O–H groups in total. The van der Waals surface area contributed by atoms with Gasteiger partial charge in [0.25, 0.3) is 0 Å². The monoisotopic (exact) mass is 255 g/mol. The predicted octanol–water partition coefficient (Wildman–Crippen LogP) is 0.885. The summed E-state index contributed by atoms with van der Waals surface area (Å²) in [5.74, 6) is 0.712. The maximum absolute atomic E-state index is 10.5. The summed E-state index contributed by atoms with van der Waals surface area (Å²) >= 11 is 0. The number of carboxylic acids is 1. The van der Waals surface area contributed by atoms with Gasteiger partial charge in [0.1, 0.15) is 23.3 Å². The molecular weight excluding hydrogens is 238 g/mol. The number of rotatable bonds is 7. The topological polar surface area (TPSA) is 91.0 Å². The van der Waals surface area contributed by atoms with E-state index in [9.17, 15) is 4.79 Å². The van der Waals surface area contributed by atoms with E-state index in [2.05, 4.69) is 0 Å². The lowest BCUT2D eigenvalue weighted by Gasteiger charge is -2.11. The fraction of sp³-hybridized carbons (Fsp3) is 0.417. The average Bonchev–Trinajstić information content (AvgIpc) is 2.37. The Bertz CT molecular complexity index is 385. The van der Waals surface area contributed by atoms with E-state index in [1.165, 1.54) is 0 Å². The molecule has 0 amide bonds. The van der Waals surface area contributed by atoms with Crippen LogP contribution in [0.3, 0.4) is 0 Å². The summed E-state index contributed by atoms with van der Waals surface area (Å²) in [6.45, 7) is 0.212. The molecule has 6 nitrogen and oxygen atoms in total. The second-order valence-corrected chi connectivity index (χ2v) is 3.63. The Morgan fingerprint density at radius 2 is 1.72 bits per heavy atom. The van der Waals surface area contributed by atoms with Crippen LogP contribution in [-0.2, 0) is 4.79 Å². The van der Waals surface area contributed by atoms with Crippen molar-refractivity contribution in [3.05, 3.63) is 18.2 Å². The Morgan fingerprint density at radius 3 is 2.17 bits per heavy atom. The largest absolute Gasteiger partial charge is 0.496 e. The van der Waals surface area contributed by atoms with Crippen LogP contribution in [0.25, 0.3) is 0 Å². The van der Waals surface area contributed by atoms with E-state index >= 15 is 0 Å². The van der Waals surface area contributed by atoms with E-state index in [0.717, 1.165) is 0 Å². The minimum atomic E-state index is -1.04. The first-order valence-corrected chi connectivity index (χ1v) is 5.41. The average molecular weight is 255 g/mol. The van der Waals surface area contributed by atoms with Gasteiger partial charge in [0, 0.05) is 24.6 Å². The van der Waals surface area contributed by atoms with Crippen molar-refractivity contribution >= 4 is 5.97 Å². The number of aliphatic carboxylic acids is 1. The molecule has 0 aliphatic heterocycles. The van der Waals surface area contributed by atoms with E-state index in [-0.39, 0.29) is 13.0 Å². The van der Waals surface area contributed by atoms with Crippen molar-refractivity contribution in [3.8, 4) is 17.2 Å². The van der Waals surface area contributed by atoms with Gasteiger partial charge in [-0.05, 0) is 0 Å². The van der Waals surface area contributed by atoms with Gasteiger partial charge in [-0.25, -0.2) is 0 Å². The molecular formula is C12H17NO5. The molecule has 1 rings (SSSR count). The van der Waals surface area contributed by atoms with Gasteiger partial charge in [0.15, 0.2) is 0 Å². The first-order chi connectivity index (χ1) is 8.56. The number of hydrogen-bond donors (Lipinski definition) is 2. The van der Waals surface area contributed by atoms with Gasteiger partial charge in [-0.3, -0.25) is 4.79 Å². The van der Waals surface area contributed by atoms with Crippen molar-refractivity contribution in [1.29, 1.82) is 0 Å². The molecule has 1 atom stereocenters. The van der Waals surface area contributed by atoms with Gasteiger partial charge in [-0.2, -0.15) is 0 Å². The second kappa shape index (κ2) is 6.70. The predicted molar refractivity (Wildman–Crippen MR) is 65.3 cm³/mol. The van der Waals surface area contributed by atoms with Crippen molar-refractivity contribution in [2.24, 2.45) is 5.73 Å². The zero-order valence-corrected chi connectivity index (χ0v) is 10.4. The van der Waals surface area contributed by atoms with Crippen LogP contribution in [0.5, 0.6) is 17.2 Å².